The SMILES string of the molecule is COC(=O)c1cc2c(nc1C)CCN(C(=O)c1cccc(Cl)c1)CC2. The van der Waals surface area contributed by atoms with Gasteiger partial charge in [0.2, 0.25) is 0 Å². The van der Waals surface area contributed by atoms with E-state index in [1.807, 2.05) is 6.07 Å². The van der Waals surface area contributed by atoms with Crippen LogP contribution in [0.2, 0.25) is 5.02 Å². The van der Waals surface area contributed by atoms with Crippen LogP contribution in [0.25, 0.3) is 0 Å². The third kappa shape index (κ3) is 3.66. The van der Waals surface area contributed by atoms with Crippen molar-refractivity contribution in [2.45, 2.75) is 19.8 Å². The lowest BCUT2D eigenvalue weighted by atomic mass is 10.0. The molecule has 0 unspecified atom stereocenters. The predicted octanol–water partition coefficient (Wildman–Crippen LogP) is 3.07. The number of aryl methyl sites for hydroxylation is 1. The predicted molar refractivity (Wildman–Crippen MR) is 95.1 cm³/mol. The summed E-state index contributed by atoms with van der Waals surface area (Å²) in [7, 11) is 1.36. The first kappa shape index (κ1) is 17.4. The largest absolute Gasteiger partial charge is 0.465 e. The van der Waals surface area contributed by atoms with Crippen molar-refractivity contribution in [1.29, 1.82) is 0 Å². The van der Waals surface area contributed by atoms with Crippen molar-refractivity contribution in [3.63, 3.8) is 0 Å². The summed E-state index contributed by atoms with van der Waals surface area (Å²) in [6, 6.07) is 8.81. The summed E-state index contributed by atoms with van der Waals surface area (Å²) in [5, 5.41) is 0.545. The van der Waals surface area contributed by atoms with Crippen molar-refractivity contribution in [2.24, 2.45) is 0 Å². The molecule has 0 N–H and O–H groups in total. The average molecular weight is 359 g/mol. The zero-order valence-electron chi connectivity index (χ0n) is 14.2. The molecule has 1 aromatic carbocycles. The van der Waals surface area contributed by atoms with Crippen LogP contribution in [0, 0.1) is 6.92 Å². The monoisotopic (exact) mass is 358 g/mol. The van der Waals surface area contributed by atoms with Crippen molar-refractivity contribution in [3.05, 3.63) is 63.4 Å². The Labute approximate surface area is 151 Å². The van der Waals surface area contributed by atoms with E-state index in [-0.39, 0.29) is 11.9 Å². The van der Waals surface area contributed by atoms with E-state index in [4.69, 9.17) is 16.3 Å². The van der Waals surface area contributed by atoms with Crippen LogP contribution < -0.4 is 0 Å². The maximum atomic E-state index is 12.7. The molecule has 0 fully saturated rings. The van der Waals surface area contributed by atoms with E-state index >= 15 is 0 Å². The second-order valence-electron chi connectivity index (χ2n) is 6.02. The summed E-state index contributed by atoms with van der Waals surface area (Å²) in [6.45, 7) is 2.96. The first-order chi connectivity index (χ1) is 12.0. The van der Waals surface area contributed by atoms with Gasteiger partial charge in [-0.05, 0) is 43.2 Å². The van der Waals surface area contributed by atoms with Crippen LogP contribution in [-0.4, -0.2) is 42.0 Å². The fraction of sp³-hybridized carbons (Fsp3) is 0.316. The van der Waals surface area contributed by atoms with Crippen molar-refractivity contribution in [1.82, 2.24) is 9.88 Å². The minimum absolute atomic E-state index is 0.0415. The second kappa shape index (κ2) is 7.23. The molecule has 130 valence electrons. The fourth-order valence-electron chi connectivity index (χ4n) is 3.06. The number of pyridine rings is 1. The molecular formula is C19H19ClN2O3. The number of hydrogen-bond acceptors (Lipinski definition) is 4. The zero-order valence-corrected chi connectivity index (χ0v) is 15.0. The number of ether oxygens (including phenoxy) is 1. The fourth-order valence-corrected chi connectivity index (χ4v) is 3.25. The van der Waals surface area contributed by atoms with Gasteiger partial charge in [0.15, 0.2) is 0 Å². The van der Waals surface area contributed by atoms with Crippen molar-refractivity contribution >= 4 is 23.5 Å². The maximum Gasteiger partial charge on any atom is 0.339 e. The van der Waals surface area contributed by atoms with Crippen LogP contribution in [0.3, 0.4) is 0 Å². The van der Waals surface area contributed by atoms with E-state index in [1.54, 1.807) is 36.1 Å². The molecule has 2 heterocycles. The first-order valence-corrected chi connectivity index (χ1v) is 8.50. The number of carbonyl (C=O) groups excluding carboxylic acids is 2. The number of halogens is 1. The first-order valence-electron chi connectivity index (χ1n) is 8.12. The Morgan fingerprint density at radius 3 is 2.68 bits per heavy atom. The van der Waals surface area contributed by atoms with Crippen LogP contribution in [0.5, 0.6) is 0 Å². The standard InChI is InChI=1S/C19H19ClN2O3/c1-12-16(19(24)25-2)11-13-6-8-22(9-7-17(13)21-12)18(23)14-4-3-5-15(20)10-14/h3-5,10-11H,6-9H2,1-2H3. The number of benzene rings is 1. The van der Waals surface area contributed by atoms with E-state index in [0.29, 0.717) is 47.8 Å². The number of carbonyl (C=O) groups is 2. The molecule has 0 saturated heterocycles. The molecule has 0 radical (unpaired) electrons. The number of esters is 1. The Kier molecular flexibility index (Phi) is 5.04. The molecule has 6 heteroatoms. The van der Waals surface area contributed by atoms with Gasteiger partial charge in [-0.3, -0.25) is 9.78 Å². The van der Waals surface area contributed by atoms with E-state index in [9.17, 15) is 9.59 Å². The summed E-state index contributed by atoms with van der Waals surface area (Å²) in [5.74, 6) is -0.427. The second-order valence-corrected chi connectivity index (χ2v) is 6.46. The number of nitrogens with zero attached hydrogens (tertiary/aromatic N) is 2. The minimum Gasteiger partial charge on any atom is -0.465 e. The highest BCUT2D eigenvalue weighted by atomic mass is 35.5. The summed E-state index contributed by atoms with van der Waals surface area (Å²) in [5.41, 5.74) is 3.65. The van der Waals surface area contributed by atoms with Gasteiger partial charge < -0.3 is 9.64 Å². The third-order valence-corrected chi connectivity index (χ3v) is 4.65. The Bertz CT molecular complexity index is 835. The molecule has 0 spiro atoms. The smallest absolute Gasteiger partial charge is 0.339 e. The molecule has 0 atom stereocenters. The molecule has 2 aromatic rings. The van der Waals surface area contributed by atoms with Gasteiger partial charge in [0.1, 0.15) is 0 Å². The number of aromatic nitrogens is 1. The number of amides is 1. The van der Waals surface area contributed by atoms with Crippen LogP contribution in [0.4, 0.5) is 0 Å². The molecule has 0 aliphatic carbocycles. The summed E-state index contributed by atoms with van der Waals surface area (Å²) < 4.78 is 4.81. The highest BCUT2D eigenvalue weighted by molar-refractivity contribution is 6.30. The lowest BCUT2D eigenvalue weighted by Crippen LogP contribution is -2.33. The number of hydrogen-bond donors (Lipinski definition) is 0. The molecule has 25 heavy (non-hydrogen) atoms. The molecule has 1 aliphatic heterocycles. The molecule has 1 amide bonds. The normalized spacial score (nSPS) is 13.8. The molecule has 1 aliphatic rings. The topological polar surface area (TPSA) is 59.5 Å². The van der Waals surface area contributed by atoms with Gasteiger partial charge in [-0.25, -0.2) is 4.79 Å². The summed E-state index contributed by atoms with van der Waals surface area (Å²) >= 11 is 5.99. The lowest BCUT2D eigenvalue weighted by Gasteiger charge is -2.20. The minimum atomic E-state index is -0.385. The number of fused-ring (bicyclic) bond motifs is 1. The van der Waals surface area contributed by atoms with Crippen LogP contribution in [0.15, 0.2) is 30.3 Å². The van der Waals surface area contributed by atoms with Gasteiger partial charge in [0, 0.05) is 35.8 Å². The zero-order chi connectivity index (χ0) is 18.0. The van der Waals surface area contributed by atoms with Crippen LogP contribution >= 0.6 is 11.6 Å². The van der Waals surface area contributed by atoms with Crippen LogP contribution in [0.1, 0.15) is 37.7 Å². The molecule has 1 aromatic heterocycles. The summed E-state index contributed by atoms with van der Waals surface area (Å²) in [6.07, 6.45) is 1.31. The molecule has 0 bridgehead atoms. The Balaban J connectivity index is 1.82. The van der Waals surface area contributed by atoms with Gasteiger partial charge in [-0.1, -0.05) is 17.7 Å². The number of rotatable bonds is 2. The lowest BCUT2D eigenvalue weighted by molar-refractivity contribution is 0.0598. The molecule has 5 nitrogen and oxygen atoms in total. The molecule has 0 saturated carbocycles. The highest BCUT2D eigenvalue weighted by Gasteiger charge is 2.22. The Morgan fingerprint density at radius 2 is 1.96 bits per heavy atom. The van der Waals surface area contributed by atoms with Crippen LogP contribution in [-0.2, 0) is 17.6 Å². The van der Waals surface area contributed by atoms with Gasteiger partial charge in [-0.15, -0.1) is 0 Å². The highest BCUT2D eigenvalue weighted by Crippen LogP contribution is 2.20. The van der Waals surface area contributed by atoms with E-state index in [1.165, 1.54) is 7.11 Å². The third-order valence-electron chi connectivity index (χ3n) is 4.42. The Morgan fingerprint density at radius 1 is 1.20 bits per heavy atom. The van der Waals surface area contributed by atoms with Gasteiger partial charge >= 0.3 is 5.97 Å². The molecule has 3 rings (SSSR count). The maximum absolute atomic E-state index is 12.7. The van der Waals surface area contributed by atoms with Crippen molar-refractivity contribution < 1.29 is 14.3 Å². The van der Waals surface area contributed by atoms with E-state index < -0.39 is 0 Å². The Hall–Kier alpha value is -2.40. The van der Waals surface area contributed by atoms with Gasteiger partial charge in [-0.2, -0.15) is 0 Å². The van der Waals surface area contributed by atoms with E-state index in [0.717, 1.165) is 11.3 Å². The van der Waals surface area contributed by atoms with E-state index in [2.05, 4.69) is 4.98 Å². The molecular weight excluding hydrogens is 340 g/mol. The quantitative estimate of drug-likeness (QED) is 0.774. The van der Waals surface area contributed by atoms with Crippen molar-refractivity contribution in [3.8, 4) is 0 Å². The average Bonchev–Trinajstić information content (AvgIpc) is 2.82. The van der Waals surface area contributed by atoms with Crippen molar-refractivity contribution in [2.75, 3.05) is 20.2 Å². The van der Waals surface area contributed by atoms with Gasteiger partial charge in [0.25, 0.3) is 5.91 Å². The summed E-state index contributed by atoms with van der Waals surface area (Å²) in [4.78, 5) is 30.9. The number of methoxy groups -OCH3 is 1. The van der Waals surface area contributed by atoms with Gasteiger partial charge in [0.05, 0.1) is 18.4 Å².